The van der Waals surface area contributed by atoms with Gasteiger partial charge in [-0.3, -0.25) is 9.59 Å². The lowest BCUT2D eigenvalue weighted by Gasteiger charge is -2.23. The van der Waals surface area contributed by atoms with Crippen LogP contribution in [-0.2, 0) is 4.79 Å². The SMILES string of the molecule is CNc1c(C)c(C(=O)NCC(O)CO)c(C)c(C(=O)NCC(O)CO)c1OCC(=O)O. The summed E-state index contributed by atoms with van der Waals surface area (Å²) in [6.07, 6.45) is -2.39. The Morgan fingerprint density at radius 2 is 1.39 bits per heavy atom. The molecule has 0 heterocycles. The van der Waals surface area contributed by atoms with Gasteiger partial charge in [-0.15, -0.1) is 0 Å². The molecule has 0 bridgehead atoms. The molecule has 12 nitrogen and oxygen atoms in total. The molecule has 0 radical (unpaired) electrons. The number of carboxylic acids is 1. The zero-order valence-electron chi connectivity index (χ0n) is 17.6. The quantitative estimate of drug-likeness (QED) is 0.178. The van der Waals surface area contributed by atoms with Crippen LogP contribution in [0, 0.1) is 13.8 Å². The Kier molecular flexibility index (Phi) is 10.1. The molecule has 0 aliphatic carbocycles. The van der Waals surface area contributed by atoms with Gasteiger partial charge in [-0.05, 0) is 25.0 Å². The third-order valence-corrected chi connectivity index (χ3v) is 4.42. The second-order valence-corrected chi connectivity index (χ2v) is 6.73. The number of carbonyl (C=O) groups is 3. The normalized spacial score (nSPS) is 12.6. The number of aliphatic hydroxyl groups excluding tert-OH is 4. The van der Waals surface area contributed by atoms with Crippen molar-refractivity contribution in [2.24, 2.45) is 0 Å². The van der Waals surface area contributed by atoms with Crippen LogP contribution in [0.1, 0.15) is 31.8 Å². The Morgan fingerprint density at radius 3 is 1.81 bits per heavy atom. The van der Waals surface area contributed by atoms with Crippen molar-refractivity contribution in [1.29, 1.82) is 0 Å². The molecule has 12 heteroatoms. The molecule has 2 amide bonds. The molecule has 0 fully saturated rings. The highest BCUT2D eigenvalue weighted by molar-refractivity contribution is 6.07. The van der Waals surface area contributed by atoms with Gasteiger partial charge >= 0.3 is 5.97 Å². The Morgan fingerprint density at radius 1 is 0.903 bits per heavy atom. The predicted molar refractivity (Wildman–Crippen MR) is 109 cm³/mol. The van der Waals surface area contributed by atoms with E-state index in [1.54, 1.807) is 6.92 Å². The van der Waals surface area contributed by atoms with Crippen molar-refractivity contribution in [1.82, 2.24) is 10.6 Å². The monoisotopic (exact) mass is 443 g/mol. The first-order chi connectivity index (χ1) is 14.6. The number of aliphatic carboxylic acids is 1. The van der Waals surface area contributed by atoms with Crippen LogP contribution < -0.4 is 20.7 Å². The zero-order valence-corrected chi connectivity index (χ0v) is 17.6. The zero-order chi connectivity index (χ0) is 23.7. The van der Waals surface area contributed by atoms with E-state index in [2.05, 4.69) is 16.0 Å². The van der Waals surface area contributed by atoms with Gasteiger partial charge in [0.15, 0.2) is 12.4 Å². The van der Waals surface area contributed by atoms with Gasteiger partial charge in [0, 0.05) is 25.7 Å². The largest absolute Gasteiger partial charge is 0.479 e. The van der Waals surface area contributed by atoms with Gasteiger partial charge in [-0.1, -0.05) is 0 Å². The van der Waals surface area contributed by atoms with Crippen LogP contribution in [0.3, 0.4) is 0 Å². The summed E-state index contributed by atoms with van der Waals surface area (Å²) in [5.41, 5.74) is 0.693. The van der Waals surface area contributed by atoms with E-state index in [-0.39, 0.29) is 41.2 Å². The molecule has 1 aromatic carbocycles. The number of ether oxygens (including phenoxy) is 1. The molecule has 0 saturated heterocycles. The van der Waals surface area contributed by atoms with Crippen LogP contribution in [0.2, 0.25) is 0 Å². The lowest BCUT2D eigenvalue weighted by atomic mass is 9.93. The number of amides is 2. The summed E-state index contributed by atoms with van der Waals surface area (Å²) in [6.45, 7) is 0.628. The summed E-state index contributed by atoms with van der Waals surface area (Å²) >= 11 is 0. The van der Waals surface area contributed by atoms with Gasteiger partial charge in [-0.2, -0.15) is 0 Å². The Balaban J connectivity index is 3.54. The third-order valence-electron chi connectivity index (χ3n) is 4.42. The van der Waals surface area contributed by atoms with Gasteiger partial charge in [0.2, 0.25) is 0 Å². The van der Waals surface area contributed by atoms with Crippen molar-refractivity contribution in [3.8, 4) is 5.75 Å². The first-order valence-electron chi connectivity index (χ1n) is 9.42. The summed E-state index contributed by atoms with van der Waals surface area (Å²) in [4.78, 5) is 36.6. The van der Waals surface area contributed by atoms with Crippen LogP contribution in [0.25, 0.3) is 0 Å². The number of nitrogens with one attached hydrogen (secondary N) is 3. The maximum absolute atomic E-state index is 12.9. The molecule has 2 unspecified atom stereocenters. The highest BCUT2D eigenvalue weighted by atomic mass is 16.5. The molecule has 0 aliphatic rings. The molecule has 1 aromatic rings. The van der Waals surface area contributed by atoms with Crippen LogP contribution in [0.5, 0.6) is 5.75 Å². The minimum absolute atomic E-state index is 0.0880. The van der Waals surface area contributed by atoms with Gasteiger partial charge in [0.25, 0.3) is 11.8 Å². The smallest absolute Gasteiger partial charge is 0.341 e. The lowest BCUT2D eigenvalue weighted by Crippen LogP contribution is -2.36. The van der Waals surface area contributed by atoms with E-state index < -0.39 is 49.8 Å². The molecule has 0 aliphatic heterocycles. The summed E-state index contributed by atoms with van der Waals surface area (Å²) in [5, 5.41) is 53.5. The van der Waals surface area contributed by atoms with Crippen LogP contribution >= 0.6 is 0 Å². The molecule has 2 atom stereocenters. The lowest BCUT2D eigenvalue weighted by molar-refractivity contribution is -0.139. The number of aliphatic hydroxyl groups is 4. The molecule has 8 N–H and O–H groups in total. The third kappa shape index (κ3) is 6.79. The highest BCUT2D eigenvalue weighted by Gasteiger charge is 2.28. The minimum atomic E-state index is -1.28. The van der Waals surface area contributed by atoms with E-state index in [0.29, 0.717) is 5.56 Å². The van der Waals surface area contributed by atoms with E-state index in [1.807, 2.05) is 0 Å². The molecule has 0 saturated carbocycles. The van der Waals surface area contributed by atoms with Crippen molar-refractivity contribution < 1.29 is 44.7 Å². The maximum atomic E-state index is 12.9. The van der Waals surface area contributed by atoms with Crippen molar-refractivity contribution in [3.63, 3.8) is 0 Å². The van der Waals surface area contributed by atoms with Gasteiger partial charge in [0.05, 0.1) is 36.7 Å². The van der Waals surface area contributed by atoms with E-state index in [1.165, 1.54) is 14.0 Å². The van der Waals surface area contributed by atoms with Crippen molar-refractivity contribution >= 4 is 23.5 Å². The molecule has 174 valence electrons. The molecular formula is C19H29N3O9. The van der Waals surface area contributed by atoms with E-state index >= 15 is 0 Å². The van der Waals surface area contributed by atoms with E-state index in [0.717, 1.165) is 0 Å². The van der Waals surface area contributed by atoms with Crippen molar-refractivity contribution in [2.75, 3.05) is 45.3 Å². The van der Waals surface area contributed by atoms with Gasteiger partial charge < -0.3 is 46.2 Å². The average molecular weight is 443 g/mol. The predicted octanol–water partition coefficient (Wildman–Crippen LogP) is -2.03. The molecular weight excluding hydrogens is 414 g/mol. The summed E-state index contributed by atoms with van der Waals surface area (Å²) in [6, 6.07) is 0. The number of carboxylic acid groups (broad SMARTS) is 1. The molecule has 0 aromatic heterocycles. The first kappa shape index (κ1) is 26.1. The fourth-order valence-electron chi connectivity index (χ4n) is 2.92. The van der Waals surface area contributed by atoms with Crippen molar-refractivity contribution in [3.05, 3.63) is 22.3 Å². The topological polar surface area (TPSA) is 198 Å². The highest BCUT2D eigenvalue weighted by Crippen LogP contribution is 2.38. The van der Waals surface area contributed by atoms with Gasteiger partial charge in [-0.25, -0.2) is 4.79 Å². The second-order valence-electron chi connectivity index (χ2n) is 6.73. The number of hydrogen-bond acceptors (Lipinski definition) is 9. The second kappa shape index (κ2) is 12.1. The number of hydrogen-bond donors (Lipinski definition) is 8. The maximum Gasteiger partial charge on any atom is 0.341 e. The Bertz CT molecular complexity index is 814. The van der Waals surface area contributed by atoms with Gasteiger partial charge in [0.1, 0.15) is 0 Å². The van der Waals surface area contributed by atoms with Crippen LogP contribution in [-0.4, -0.2) is 95.5 Å². The Labute approximate surface area is 178 Å². The molecule has 1 rings (SSSR count). The Hall–Kier alpha value is -2.93. The summed E-state index contributed by atoms with van der Waals surface area (Å²) < 4.78 is 5.35. The number of anilines is 1. The van der Waals surface area contributed by atoms with Crippen LogP contribution in [0.15, 0.2) is 0 Å². The summed E-state index contributed by atoms with van der Waals surface area (Å²) in [5.74, 6) is -2.76. The molecule has 0 spiro atoms. The first-order valence-corrected chi connectivity index (χ1v) is 9.42. The fraction of sp³-hybridized carbons (Fsp3) is 0.526. The van der Waals surface area contributed by atoms with Crippen molar-refractivity contribution in [2.45, 2.75) is 26.1 Å². The fourth-order valence-corrected chi connectivity index (χ4v) is 2.92. The number of rotatable bonds is 12. The van der Waals surface area contributed by atoms with Crippen LogP contribution in [0.4, 0.5) is 5.69 Å². The standard InChI is InChI=1S/C19H29N3O9/c1-9-14(18(29)21-4-11(25)6-23)10(2)16(20-3)17(31-8-13(27)28)15(9)19(30)22-5-12(26)7-24/h11-12,20,23-26H,4-8H2,1-3H3,(H,21,29)(H,22,30)(H,27,28). The number of carbonyl (C=O) groups excluding carboxylic acids is 2. The van der Waals surface area contributed by atoms with E-state index in [4.69, 9.17) is 20.1 Å². The van der Waals surface area contributed by atoms with E-state index in [9.17, 15) is 24.6 Å². The number of benzene rings is 1. The minimum Gasteiger partial charge on any atom is -0.479 e. The average Bonchev–Trinajstić information content (AvgIpc) is 2.73. The molecule has 31 heavy (non-hydrogen) atoms. The summed E-state index contributed by atoms with van der Waals surface area (Å²) in [7, 11) is 1.50.